The van der Waals surface area contributed by atoms with Crippen molar-refractivity contribution >= 4 is 23.4 Å². The first-order chi connectivity index (χ1) is 7.11. The normalized spacial score (nSPS) is 9.80. The van der Waals surface area contributed by atoms with Crippen molar-refractivity contribution in [2.24, 2.45) is 0 Å². The van der Waals surface area contributed by atoms with Crippen LogP contribution in [-0.4, -0.2) is 56.4 Å². The number of hydrogen-bond acceptors (Lipinski definition) is 3. The maximum Gasteiger partial charge on any atom is 0.239 e. The van der Waals surface area contributed by atoms with Gasteiger partial charge in [-0.05, 0) is 6.42 Å². The van der Waals surface area contributed by atoms with Crippen LogP contribution in [0.15, 0.2) is 0 Å². The molecule has 0 aromatic carbocycles. The summed E-state index contributed by atoms with van der Waals surface area (Å²) in [7, 11) is 3.15. The van der Waals surface area contributed by atoms with Crippen molar-refractivity contribution in [1.82, 2.24) is 10.2 Å². The molecular weight excluding hydrogens is 220 g/mol. The van der Waals surface area contributed by atoms with Crippen LogP contribution in [0, 0.1) is 0 Å². The van der Waals surface area contributed by atoms with Crippen molar-refractivity contribution in [3.8, 4) is 0 Å². The number of carbonyl (C=O) groups is 2. The Kier molecular flexibility index (Phi) is 8.04. The number of alkyl halides is 1. The summed E-state index contributed by atoms with van der Waals surface area (Å²) in [6.07, 6.45) is 0.759. The van der Waals surface area contributed by atoms with E-state index in [2.05, 4.69) is 5.32 Å². The van der Waals surface area contributed by atoms with Gasteiger partial charge in [0.1, 0.15) is 5.88 Å². The molecule has 0 saturated heterocycles. The fourth-order valence-corrected chi connectivity index (χ4v) is 1.11. The number of nitrogens with zero attached hydrogens (tertiary/aromatic N) is 1. The van der Waals surface area contributed by atoms with Gasteiger partial charge in [0, 0.05) is 27.3 Å². The van der Waals surface area contributed by atoms with Gasteiger partial charge in [0.2, 0.25) is 11.8 Å². The zero-order valence-corrected chi connectivity index (χ0v) is 9.84. The summed E-state index contributed by atoms with van der Waals surface area (Å²) in [5, 5.41) is 2.67. The van der Waals surface area contributed by atoms with E-state index in [9.17, 15) is 9.59 Å². The molecule has 0 aliphatic heterocycles. The number of rotatable bonds is 7. The van der Waals surface area contributed by atoms with Crippen molar-refractivity contribution in [3.63, 3.8) is 0 Å². The number of nitrogens with one attached hydrogen (secondary N) is 1. The van der Waals surface area contributed by atoms with Crippen LogP contribution >= 0.6 is 11.6 Å². The molecule has 0 bridgehead atoms. The number of methoxy groups -OCH3 is 1. The lowest BCUT2D eigenvalue weighted by atomic mass is 10.4. The first-order valence-electron chi connectivity index (χ1n) is 4.67. The molecule has 0 aromatic heterocycles. The minimum absolute atomic E-state index is 0.0402. The van der Waals surface area contributed by atoms with Crippen molar-refractivity contribution in [1.29, 1.82) is 0 Å². The van der Waals surface area contributed by atoms with Crippen molar-refractivity contribution in [2.75, 3.05) is 39.7 Å². The number of halogens is 1. The summed E-state index contributed by atoms with van der Waals surface area (Å²) < 4.78 is 4.83. The first kappa shape index (κ1) is 14.2. The molecule has 5 nitrogen and oxygen atoms in total. The molecule has 0 fully saturated rings. The van der Waals surface area contributed by atoms with Crippen LogP contribution < -0.4 is 5.32 Å². The summed E-state index contributed by atoms with van der Waals surface area (Å²) in [6, 6.07) is 0. The van der Waals surface area contributed by atoms with Gasteiger partial charge in [-0.3, -0.25) is 9.59 Å². The number of likely N-dealkylation sites (N-methyl/N-ethyl adjacent to an activating group) is 1. The van der Waals surface area contributed by atoms with Gasteiger partial charge in [-0.15, -0.1) is 11.6 Å². The summed E-state index contributed by atoms with van der Waals surface area (Å²) >= 11 is 5.34. The largest absolute Gasteiger partial charge is 0.385 e. The highest BCUT2D eigenvalue weighted by molar-refractivity contribution is 6.27. The number of amides is 2. The Hall–Kier alpha value is -0.810. The summed E-state index contributed by atoms with van der Waals surface area (Å²) in [5.41, 5.74) is 0. The predicted octanol–water partition coefficient (Wildman–Crippen LogP) is -0.164. The molecule has 0 saturated carbocycles. The second-order valence-corrected chi connectivity index (χ2v) is 3.35. The fraction of sp³-hybridized carbons (Fsp3) is 0.778. The molecule has 0 atom stereocenters. The molecule has 0 rings (SSSR count). The lowest BCUT2D eigenvalue weighted by molar-refractivity contribution is -0.132. The summed E-state index contributed by atoms with van der Waals surface area (Å²) in [4.78, 5) is 23.6. The van der Waals surface area contributed by atoms with E-state index in [-0.39, 0.29) is 24.2 Å². The maximum absolute atomic E-state index is 11.2. The highest BCUT2D eigenvalue weighted by Gasteiger charge is 2.10. The average Bonchev–Trinajstić information content (AvgIpc) is 2.23. The van der Waals surface area contributed by atoms with Crippen LogP contribution in [0.2, 0.25) is 0 Å². The SMILES string of the molecule is COCCCNC(=O)CN(C)C(=O)CCl. The highest BCUT2D eigenvalue weighted by Crippen LogP contribution is 1.87. The van der Waals surface area contributed by atoms with Gasteiger partial charge < -0.3 is 15.0 Å². The van der Waals surface area contributed by atoms with E-state index in [1.54, 1.807) is 14.2 Å². The Bertz CT molecular complexity index is 212. The molecule has 0 radical (unpaired) electrons. The minimum Gasteiger partial charge on any atom is -0.385 e. The lowest BCUT2D eigenvalue weighted by Gasteiger charge is -2.15. The molecule has 0 unspecified atom stereocenters. The Labute approximate surface area is 94.7 Å². The smallest absolute Gasteiger partial charge is 0.239 e. The van der Waals surface area contributed by atoms with E-state index in [1.165, 1.54) is 4.90 Å². The number of ether oxygens (including phenoxy) is 1. The summed E-state index contributed by atoms with van der Waals surface area (Å²) in [5.74, 6) is -0.552. The van der Waals surface area contributed by atoms with Gasteiger partial charge in [0.05, 0.1) is 6.54 Å². The highest BCUT2D eigenvalue weighted by atomic mass is 35.5. The Morgan fingerprint density at radius 2 is 2.13 bits per heavy atom. The van der Waals surface area contributed by atoms with Crippen LogP contribution in [0.3, 0.4) is 0 Å². The van der Waals surface area contributed by atoms with Gasteiger partial charge in [0.15, 0.2) is 0 Å². The molecule has 15 heavy (non-hydrogen) atoms. The van der Waals surface area contributed by atoms with Gasteiger partial charge in [-0.25, -0.2) is 0 Å². The molecule has 0 aliphatic rings. The average molecular weight is 237 g/mol. The molecule has 1 N–H and O–H groups in total. The standard InChI is InChI=1S/C9H17ClN2O3/c1-12(9(14)6-10)7-8(13)11-4-3-5-15-2/h3-7H2,1-2H3,(H,11,13). The van der Waals surface area contributed by atoms with Crippen LogP contribution in [0.4, 0.5) is 0 Å². The van der Waals surface area contributed by atoms with E-state index in [1.807, 2.05) is 0 Å². The van der Waals surface area contributed by atoms with E-state index < -0.39 is 0 Å². The first-order valence-corrected chi connectivity index (χ1v) is 5.20. The van der Waals surface area contributed by atoms with Crippen LogP contribution in [-0.2, 0) is 14.3 Å². The topological polar surface area (TPSA) is 58.6 Å². The van der Waals surface area contributed by atoms with E-state index >= 15 is 0 Å². The fourth-order valence-electron chi connectivity index (χ4n) is 0.906. The molecule has 6 heteroatoms. The van der Waals surface area contributed by atoms with Crippen molar-refractivity contribution in [2.45, 2.75) is 6.42 Å². The van der Waals surface area contributed by atoms with Gasteiger partial charge in [-0.2, -0.15) is 0 Å². The summed E-state index contributed by atoms with van der Waals surface area (Å²) in [6.45, 7) is 1.20. The van der Waals surface area contributed by atoms with Crippen LogP contribution in [0.1, 0.15) is 6.42 Å². The van der Waals surface area contributed by atoms with Crippen molar-refractivity contribution < 1.29 is 14.3 Å². The molecule has 0 heterocycles. The zero-order chi connectivity index (χ0) is 11.7. The van der Waals surface area contributed by atoms with Gasteiger partial charge >= 0.3 is 0 Å². The van der Waals surface area contributed by atoms with Gasteiger partial charge in [-0.1, -0.05) is 0 Å². The lowest BCUT2D eigenvalue weighted by Crippen LogP contribution is -2.39. The Morgan fingerprint density at radius 3 is 2.67 bits per heavy atom. The van der Waals surface area contributed by atoms with Crippen molar-refractivity contribution in [3.05, 3.63) is 0 Å². The molecule has 0 aromatic rings. The van der Waals surface area contributed by atoms with Crippen LogP contribution in [0.5, 0.6) is 0 Å². The molecule has 0 spiro atoms. The van der Waals surface area contributed by atoms with Gasteiger partial charge in [0.25, 0.3) is 0 Å². The molecule has 0 aliphatic carbocycles. The second kappa shape index (κ2) is 8.49. The third kappa shape index (κ3) is 7.16. The Morgan fingerprint density at radius 1 is 1.47 bits per heavy atom. The maximum atomic E-state index is 11.2. The third-order valence-electron chi connectivity index (χ3n) is 1.77. The molecule has 2 amide bonds. The Balaban J connectivity index is 3.60. The van der Waals surface area contributed by atoms with E-state index in [4.69, 9.17) is 16.3 Å². The number of carbonyl (C=O) groups excluding carboxylic acids is 2. The zero-order valence-electron chi connectivity index (χ0n) is 9.09. The second-order valence-electron chi connectivity index (χ2n) is 3.08. The van der Waals surface area contributed by atoms with E-state index in [0.717, 1.165) is 6.42 Å². The monoisotopic (exact) mass is 236 g/mol. The number of hydrogen-bond donors (Lipinski definition) is 1. The van der Waals surface area contributed by atoms with Crippen LogP contribution in [0.25, 0.3) is 0 Å². The minimum atomic E-state index is -0.260. The van der Waals surface area contributed by atoms with E-state index in [0.29, 0.717) is 13.2 Å². The predicted molar refractivity (Wildman–Crippen MR) is 57.9 cm³/mol. The molecule has 88 valence electrons. The molecular formula is C9H17ClN2O3. The quantitative estimate of drug-likeness (QED) is 0.494. The third-order valence-corrected chi connectivity index (χ3v) is 2.00.